The Kier molecular flexibility index (Phi) is 9.78. The van der Waals surface area contributed by atoms with Gasteiger partial charge >= 0.3 is 0 Å². The van der Waals surface area contributed by atoms with Crippen LogP contribution in [0, 0.1) is 0 Å². The summed E-state index contributed by atoms with van der Waals surface area (Å²) in [5, 5.41) is 13.8. The van der Waals surface area contributed by atoms with Gasteiger partial charge in [-0.2, -0.15) is 0 Å². The highest BCUT2D eigenvalue weighted by molar-refractivity contribution is 7.25. The molecular weight excluding hydrogens is 771 g/mol. The van der Waals surface area contributed by atoms with E-state index < -0.39 is 0 Å². The normalized spacial score (nSPS) is 12.4. The molecule has 62 heavy (non-hydrogen) atoms. The van der Waals surface area contributed by atoms with Gasteiger partial charge in [0.25, 0.3) is 0 Å². The van der Waals surface area contributed by atoms with E-state index in [4.69, 9.17) is 4.99 Å². The van der Waals surface area contributed by atoms with Crippen LogP contribution in [-0.4, -0.2) is 12.6 Å². The van der Waals surface area contributed by atoms with E-state index in [1.807, 2.05) is 11.3 Å². The molecule has 0 aliphatic carbocycles. The monoisotopic (exact) mass is 811 g/mol. The van der Waals surface area contributed by atoms with E-state index in [-0.39, 0.29) is 6.17 Å². The fourth-order valence-corrected chi connectivity index (χ4v) is 10.1. The van der Waals surface area contributed by atoms with Crippen LogP contribution >= 0.6 is 11.3 Å². The fourth-order valence-electron chi connectivity index (χ4n) is 8.93. The maximum Gasteiger partial charge on any atom is 0.155 e. The van der Waals surface area contributed by atoms with Crippen LogP contribution in [0.15, 0.2) is 222 Å². The minimum atomic E-state index is -0.375. The summed E-state index contributed by atoms with van der Waals surface area (Å²) in [4.78, 5) is 9.89. The van der Waals surface area contributed by atoms with Gasteiger partial charge in [0.05, 0.1) is 0 Å². The number of fused-ring (bicyclic) bond motifs is 6. The van der Waals surface area contributed by atoms with Crippen molar-refractivity contribution < 1.29 is 0 Å². The van der Waals surface area contributed by atoms with Crippen molar-refractivity contribution in [3.63, 3.8) is 0 Å². The van der Waals surface area contributed by atoms with E-state index in [9.17, 15) is 0 Å². The summed E-state index contributed by atoms with van der Waals surface area (Å²) in [7, 11) is 0. The molecule has 3 nitrogen and oxygen atoms in total. The third-order valence-electron chi connectivity index (χ3n) is 12.1. The first-order valence-electron chi connectivity index (χ1n) is 21.0. The van der Waals surface area contributed by atoms with Gasteiger partial charge in [-0.1, -0.05) is 176 Å². The van der Waals surface area contributed by atoms with Crippen LogP contribution in [0.25, 0.3) is 85.9 Å². The Morgan fingerprint density at radius 3 is 1.68 bits per heavy atom. The van der Waals surface area contributed by atoms with Gasteiger partial charge in [0, 0.05) is 32.3 Å². The largest absolute Gasteiger partial charge is 0.288 e. The van der Waals surface area contributed by atoms with Crippen LogP contribution in [0.5, 0.6) is 0 Å². The number of aliphatic imine (C=N–C) groups is 2. The van der Waals surface area contributed by atoms with Crippen molar-refractivity contribution in [2.45, 2.75) is 12.7 Å². The van der Waals surface area contributed by atoms with E-state index in [1.165, 1.54) is 69.4 Å². The molecular formula is C58H41N3S. The SMILES string of the molecule is C=N/C(=N\C(NCc1cccc2ccccc12)c1cccc2ccccc12)c1cccc(-c2cccc(-c3cccc(-c4ccc5c(c4)sc4cc6ccccc6cc45)c3)c2)c1. The smallest absolute Gasteiger partial charge is 0.155 e. The molecule has 1 aromatic heterocycles. The quantitative estimate of drug-likeness (QED) is 0.114. The van der Waals surface area contributed by atoms with Crippen molar-refractivity contribution in [3.8, 4) is 33.4 Å². The second-order valence-electron chi connectivity index (χ2n) is 15.9. The van der Waals surface area contributed by atoms with Gasteiger partial charge in [0.2, 0.25) is 0 Å². The zero-order chi connectivity index (χ0) is 41.4. The van der Waals surface area contributed by atoms with Crippen LogP contribution in [0.2, 0.25) is 0 Å². The number of hydrogen-bond donors (Lipinski definition) is 1. The third kappa shape index (κ3) is 7.16. The standard InChI is InChI=1S/C58H41N3S/c1-59-57(61-58(53-28-12-18-39-14-5-7-27-51(39)53)60-37-49-25-8-17-38-13-4-6-26-50(38)49)48-24-11-23-44(33-48)42-21-9-19-40(31-42)41-20-10-22-43(32-41)47-29-30-52-54-34-45-15-2-3-16-46(45)35-56(54)62-55(52)36-47/h2-36,58,60H,1,37H2/b61-57-. The molecule has 0 saturated heterocycles. The van der Waals surface area contributed by atoms with Gasteiger partial charge in [-0.05, 0) is 120 Å². The zero-order valence-corrected chi connectivity index (χ0v) is 34.8. The Labute approximate surface area is 365 Å². The van der Waals surface area contributed by atoms with E-state index in [0.29, 0.717) is 12.4 Å². The minimum Gasteiger partial charge on any atom is -0.288 e. The Hall–Kier alpha value is -7.50. The molecule has 10 aromatic carbocycles. The Morgan fingerprint density at radius 1 is 0.435 bits per heavy atom. The molecule has 0 spiro atoms. The summed E-state index contributed by atoms with van der Waals surface area (Å²) in [6.45, 7) is 4.66. The maximum absolute atomic E-state index is 5.34. The number of thiophene rings is 1. The second kappa shape index (κ2) is 16.2. The number of nitrogens with zero attached hydrogens (tertiary/aromatic N) is 2. The molecule has 0 radical (unpaired) electrons. The second-order valence-corrected chi connectivity index (χ2v) is 16.9. The minimum absolute atomic E-state index is 0.375. The molecule has 294 valence electrons. The van der Waals surface area contributed by atoms with Crippen LogP contribution < -0.4 is 5.32 Å². The van der Waals surface area contributed by atoms with E-state index >= 15 is 0 Å². The van der Waals surface area contributed by atoms with Crippen molar-refractivity contribution in [1.82, 2.24) is 5.32 Å². The first kappa shape index (κ1) is 37.5. The van der Waals surface area contributed by atoms with Gasteiger partial charge in [0.1, 0.15) is 6.17 Å². The molecule has 0 bridgehead atoms. The molecule has 1 unspecified atom stereocenters. The molecule has 1 atom stereocenters. The molecule has 11 rings (SSSR count). The number of benzene rings is 10. The van der Waals surface area contributed by atoms with Gasteiger partial charge in [0.15, 0.2) is 5.84 Å². The Balaban J connectivity index is 0.909. The van der Waals surface area contributed by atoms with E-state index in [1.54, 1.807) is 0 Å². The summed E-state index contributed by atoms with van der Waals surface area (Å²) < 4.78 is 2.63. The van der Waals surface area contributed by atoms with Crippen molar-refractivity contribution >= 4 is 76.4 Å². The summed E-state index contributed by atoms with van der Waals surface area (Å²) in [6, 6.07) is 76.3. The zero-order valence-electron chi connectivity index (χ0n) is 34.0. The van der Waals surface area contributed by atoms with Gasteiger partial charge in [-0.25, -0.2) is 9.98 Å². The van der Waals surface area contributed by atoms with Crippen molar-refractivity contribution in [2.24, 2.45) is 9.98 Å². The van der Waals surface area contributed by atoms with Crippen LogP contribution in [0.3, 0.4) is 0 Å². The van der Waals surface area contributed by atoms with Crippen LogP contribution in [-0.2, 0) is 6.54 Å². The fraction of sp³-hybridized carbons (Fsp3) is 0.0345. The molecule has 4 heteroatoms. The number of nitrogens with one attached hydrogen (secondary N) is 1. The molecule has 1 heterocycles. The average molecular weight is 812 g/mol. The lowest BCUT2D eigenvalue weighted by Gasteiger charge is -2.19. The van der Waals surface area contributed by atoms with E-state index in [0.717, 1.165) is 33.2 Å². The number of hydrogen-bond acceptors (Lipinski definition) is 3. The first-order chi connectivity index (χ1) is 30.6. The highest BCUT2D eigenvalue weighted by Crippen LogP contribution is 2.39. The molecule has 0 fully saturated rings. The van der Waals surface area contributed by atoms with Gasteiger partial charge in [-0.15, -0.1) is 11.3 Å². The van der Waals surface area contributed by atoms with Gasteiger partial charge < -0.3 is 0 Å². The predicted molar refractivity (Wildman–Crippen MR) is 267 cm³/mol. The van der Waals surface area contributed by atoms with Crippen molar-refractivity contribution in [1.29, 1.82) is 0 Å². The topological polar surface area (TPSA) is 36.8 Å². The molecule has 0 aliphatic rings. The lowest BCUT2D eigenvalue weighted by atomic mass is 9.95. The summed E-state index contributed by atoms with van der Waals surface area (Å²) in [6.07, 6.45) is -0.375. The highest BCUT2D eigenvalue weighted by Gasteiger charge is 2.17. The average Bonchev–Trinajstić information content (AvgIpc) is 3.70. The molecule has 11 aromatic rings. The number of amidine groups is 1. The lowest BCUT2D eigenvalue weighted by Crippen LogP contribution is -2.21. The summed E-state index contributed by atoms with van der Waals surface area (Å²) in [5.74, 6) is 0.586. The van der Waals surface area contributed by atoms with E-state index in [2.05, 4.69) is 229 Å². The first-order valence-corrected chi connectivity index (χ1v) is 21.9. The molecule has 1 N–H and O–H groups in total. The number of rotatable bonds is 9. The molecule has 0 saturated carbocycles. The van der Waals surface area contributed by atoms with Crippen molar-refractivity contribution in [3.05, 3.63) is 229 Å². The summed E-state index contributed by atoms with van der Waals surface area (Å²) >= 11 is 1.87. The molecule has 0 amide bonds. The molecule has 0 aliphatic heterocycles. The van der Waals surface area contributed by atoms with Crippen LogP contribution in [0.4, 0.5) is 0 Å². The van der Waals surface area contributed by atoms with Crippen molar-refractivity contribution in [2.75, 3.05) is 0 Å². The highest BCUT2D eigenvalue weighted by atomic mass is 32.1. The van der Waals surface area contributed by atoms with Crippen LogP contribution in [0.1, 0.15) is 22.9 Å². The third-order valence-corrected chi connectivity index (χ3v) is 13.2. The predicted octanol–water partition coefficient (Wildman–Crippen LogP) is 15.5. The Morgan fingerprint density at radius 2 is 0.968 bits per heavy atom. The Bertz CT molecular complexity index is 3510. The summed E-state index contributed by atoms with van der Waals surface area (Å²) in [5.41, 5.74) is 10.2. The van der Waals surface area contributed by atoms with Gasteiger partial charge in [-0.3, -0.25) is 5.32 Å². The lowest BCUT2D eigenvalue weighted by molar-refractivity contribution is 0.559. The maximum atomic E-state index is 5.34.